The van der Waals surface area contributed by atoms with Gasteiger partial charge in [-0.15, -0.1) is 0 Å². The van der Waals surface area contributed by atoms with Crippen molar-refractivity contribution in [2.45, 2.75) is 52.0 Å². The van der Waals surface area contributed by atoms with Crippen LogP contribution in [0.5, 0.6) is 0 Å². The molecule has 0 aliphatic heterocycles. The molecule has 0 aromatic carbocycles. The Morgan fingerprint density at radius 2 is 1.83 bits per heavy atom. The van der Waals surface area contributed by atoms with E-state index in [1.165, 1.54) is 0 Å². The number of sulfone groups is 1. The van der Waals surface area contributed by atoms with Crippen LogP contribution in [-0.2, 0) is 14.6 Å². The third kappa shape index (κ3) is 9.85. The van der Waals surface area contributed by atoms with Gasteiger partial charge in [0.1, 0.15) is 9.84 Å². The Kier molecular flexibility index (Phi) is 10.7. The third-order valence-corrected chi connectivity index (χ3v) is 4.82. The summed E-state index contributed by atoms with van der Waals surface area (Å²) in [5, 5.41) is 3.48. The van der Waals surface area contributed by atoms with E-state index in [0.29, 0.717) is 11.8 Å². The predicted molar refractivity (Wildman–Crippen MR) is 76.8 cm³/mol. The first-order valence-corrected chi connectivity index (χ1v) is 8.80. The van der Waals surface area contributed by atoms with E-state index in [9.17, 15) is 8.42 Å². The van der Waals surface area contributed by atoms with Crippen LogP contribution in [0.4, 0.5) is 0 Å². The van der Waals surface area contributed by atoms with Gasteiger partial charge in [-0.1, -0.05) is 13.8 Å². The van der Waals surface area contributed by atoms with Gasteiger partial charge in [-0.2, -0.15) is 0 Å². The molecule has 0 saturated carbocycles. The van der Waals surface area contributed by atoms with Crippen molar-refractivity contribution in [2.75, 3.05) is 31.8 Å². The van der Waals surface area contributed by atoms with Crippen LogP contribution < -0.4 is 5.32 Å². The van der Waals surface area contributed by atoms with Crippen LogP contribution in [0.1, 0.15) is 46.0 Å². The molecule has 0 saturated heterocycles. The molecular weight excluding hydrogens is 250 g/mol. The summed E-state index contributed by atoms with van der Waals surface area (Å²) in [5.41, 5.74) is 0. The molecule has 0 aromatic heterocycles. The second kappa shape index (κ2) is 10.8. The van der Waals surface area contributed by atoms with Crippen molar-refractivity contribution >= 4 is 9.84 Å². The lowest BCUT2D eigenvalue weighted by molar-refractivity contribution is 0.188. The molecule has 0 bridgehead atoms. The molecular formula is C13H29NO3S. The van der Waals surface area contributed by atoms with Gasteiger partial charge < -0.3 is 10.1 Å². The van der Waals surface area contributed by atoms with Crippen LogP contribution in [0.15, 0.2) is 0 Å². The minimum atomic E-state index is -2.81. The normalized spacial score (nSPS) is 13.7. The van der Waals surface area contributed by atoms with E-state index in [1.54, 1.807) is 14.0 Å². The lowest BCUT2D eigenvalue weighted by atomic mass is 10.1. The number of nitrogens with one attached hydrogen (secondary N) is 1. The molecule has 0 amide bonds. The topological polar surface area (TPSA) is 55.4 Å². The number of methoxy groups -OCH3 is 1. The zero-order valence-corrected chi connectivity index (χ0v) is 12.9. The van der Waals surface area contributed by atoms with Crippen molar-refractivity contribution in [3.63, 3.8) is 0 Å². The van der Waals surface area contributed by atoms with Gasteiger partial charge in [0.2, 0.25) is 0 Å². The summed E-state index contributed by atoms with van der Waals surface area (Å²) in [7, 11) is -1.10. The largest absolute Gasteiger partial charge is 0.385 e. The Labute approximate surface area is 112 Å². The Bertz CT molecular complexity index is 278. The fourth-order valence-corrected chi connectivity index (χ4v) is 2.76. The Balaban J connectivity index is 3.91. The van der Waals surface area contributed by atoms with Crippen molar-refractivity contribution in [1.82, 2.24) is 5.32 Å². The van der Waals surface area contributed by atoms with Crippen LogP contribution in [0.25, 0.3) is 0 Å². The zero-order valence-electron chi connectivity index (χ0n) is 12.1. The summed E-state index contributed by atoms with van der Waals surface area (Å²) in [5.74, 6) is 0.571. The quantitative estimate of drug-likeness (QED) is 0.555. The van der Waals surface area contributed by atoms with Gasteiger partial charge in [0, 0.05) is 25.5 Å². The molecule has 0 aliphatic carbocycles. The predicted octanol–water partition coefficient (Wildman–Crippen LogP) is 2.00. The van der Waals surface area contributed by atoms with E-state index < -0.39 is 9.84 Å². The molecule has 0 aromatic rings. The second-order valence-electron chi connectivity index (χ2n) is 4.66. The maximum atomic E-state index is 11.4. The lowest BCUT2D eigenvalue weighted by Gasteiger charge is -2.18. The van der Waals surface area contributed by atoms with Crippen LogP contribution in [-0.4, -0.2) is 46.2 Å². The average molecular weight is 279 g/mol. The SMILES string of the molecule is CCCNC(CCCOC)CCCS(=O)(=O)CC. The van der Waals surface area contributed by atoms with E-state index in [1.807, 2.05) is 0 Å². The van der Waals surface area contributed by atoms with Crippen LogP contribution in [0, 0.1) is 0 Å². The van der Waals surface area contributed by atoms with Crippen LogP contribution in [0.2, 0.25) is 0 Å². The maximum Gasteiger partial charge on any atom is 0.150 e. The number of ether oxygens (including phenoxy) is 1. The minimum Gasteiger partial charge on any atom is -0.385 e. The zero-order chi connectivity index (χ0) is 13.9. The van der Waals surface area contributed by atoms with Crippen molar-refractivity contribution in [2.24, 2.45) is 0 Å². The number of hydrogen-bond donors (Lipinski definition) is 1. The Morgan fingerprint density at radius 1 is 1.17 bits per heavy atom. The summed E-state index contributed by atoms with van der Waals surface area (Å²) in [4.78, 5) is 0. The first-order chi connectivity index (χ1) is 8.55. The van der Waals surface area contributed by atoms with Crippen molar-refractivity contribution in [1.29, 1.82) is 0 Å². The van der Waals surface area contributed by atoms with Crippen LogP contribution in [0.3, 0.4) is 0 Å². The highest BCUT2D eigenvalue weighted by molar-refractivity contribution is 7.91. The standard InChI is InChI=1S/C13H29NO3S/c1-4-10-14-13(8-6-11-17-3)9-7-12-18(15,16)5-2/h13-14H,4-12H2,1-3H3. The van der Waals surface area contributed by atoms with Gasteiger partial charge in [0.25, 0.3) is 0 Å². The number of rotatable bonds is 12. The Hall–Kier alpha value is -0.130. The van der Waals surface area contributed by atoms with Gasteiger partial charge in [0.15, 0.2) is 0 Å². The lowest BCUT2D eigenvalue weighted by Crippen LogP contribution is -2.30. The molecule has 0 heterocycles. The molecule has 4 nitrogen and oxygen atoms in total. The van der Waals surface area contributed by atoms with Gasteiger partial charge in [0.05, 0.1) is 5.75 Å². The summed E-state index contributed by atoms with van der Waals surface area (Å²) in [6.45, 7) is 5.62. The van der Waals surface area contributed by atoms with Gasteiger partial charge in [-0.25, -0.2) is 8.42 Å². The first-order valence-electron chi connectivity index (χ1n) is 6.98. The highest BCUT2D eigenvalue weighted by atomic mass is 32.2. The highest BCUT2D eigenvalue weighted by Gasteiger charge is 2.11. The molecule has 0 rings (SSSR count). The molecule has 18 heavy (non-hydrogen) atoms. The second-order valence-corrected chi connectivity index (χ2v) is 7.14. The fraction of sp³-hybridized carbons (Fsp3) is 1.00. The first kappa shape index (κ1) is 17.9. The molecule has 1 atom stereocenters. The summed E-state index contributed by atoms with van der Waals surface area (Å²) in [6, 6.07) is 0.423. The highest BCUT2D eigenvalue weighted by Crippen LogP contribution is 2.07. The third-order valence-electron chi connectivity index (χ3n) is 3.03. The van der Waals surface area contributed by atoms with Crippen molar-refractivity contribution < 1.29 is 13.2 Å². The van der Waals surface area contributed by atoms with Crippen molar-refractivity contribution in [3.05, 3.63) is 0 Å². The molecule has 1 N–H and O–H groups in total. The molecule has 1 unspecified atom stereocenters. The van der Waals surface area contributed by atoms with E-state index in [0.717, 1.165) is 45.3 Å². The van der Waals surface area contributed by atoms with Gasteiger partial charge in [-0.3, -0.25) is 0 Å². The number of hydrogen-bond acceptors (Lipinski definition) is 4. The van der Waals surface area contributed by atoms with Gasteiger partial charge in [-0.05, 0) is 38.6 Å². The molecule has 0 fully saturated rings. The fourth-order valence-electron chi connectivity index (χ4n) is 1.86. The van der Waals surface area contributed by atoms with Gasteiger partial charge >= 0.3 is 0 Å². The molecule has 0 radical (unpaired) electrons. The summed E-state index contributed by atoms with van der Waals surface area (Å²) in [6.07, 6.45) is 4.87. The van der Waals surface area contributed by atoms with E-state index >= 15 is 0 Å². The molecule has 5 heteroatoms. The van der Waals surface area contributed by atoms with E-state index in [2.05, 4.69) is 12.2 Å². The summed E-state index contributed by atoms with van der Waals surface area (Å²) < 4.78 is 27.9. The molecule has 0 spiro atoms. The van der Waals surface area contributed by atoms with Crippen molar-refractivity contribution in [3.8, 4) is 0 Å². The van der Waals surface area contributed by atoms with E-state index in [4.69, 9.17) is 4.74 Å². The molecule has 0 aliphatic rings. The molecule has 110 valence electrons. The smallest absolute Gasteiger partial charge is 0.150 e. The average Bonchev–Trinajstić information content (AvgIpc) is 2.35. The summed E-state index contributed by atoms with van der Waals surface area (Å²) >= 11 is 0. The maximum absolute atomic E-state index is 11.4. The Morgan fingerprint density at radius 3 is 2.39 bits per heavy atom. The monoisotopic (exact) mass is 279 g/mol. The minimum absolute atomic E-state index is 0.254. The van der Waals surface area contributed by atoms with E-state index in [-0.39, 0.29) is 5.75 Å². The van der Waals surface area contributed by atoms with Crippen LogP contribution >= 0.6 is 0 Å².